The summed E-state index contributed by atoms with van der Waals surface area (Å²) in [5.74, 6) is -1.13. The number of aromatic carboxylic acids is 1. The van der Waals surface area contributed by atoms with Crippen LogP contribution in [0.5, 0.6) is 0 Å². The van der Waals surface area contributed by atoms with E-state index in [4.69, 9.17) is 0 Å². The van der Waals surface area contributed by atoms with Gasteiger partial charge in [0.25, 0.3) is 0 Å². The van der Waals surface area contributed by atoms with E-state index in [0.29, 0.717) is 0 Å². The first-order chi connectivity index (χ1) is 4.30. The van der Waals surface area contributed by atoms with Crippen molar-refractivity contribution in [2.75, 3.05) is 0 Å². The van der Waals surface area contributed by atoms with E-state index in [-0.39, 0.29) is 22.6 Å². The van der Waals surface area contributed by atoms with Crippen LogP contribution in [0.15, 0.2) is 30.3 Å². The first kappa shape index (κ1) is 9.21. The predicted octanol–water partition coefficient (Wildman–Crippen LogP) is 0.0476. The third-order valence-electron chi connectivity index (χ3n) is 1.01. The number of carboxylic acid groups (broad SMARTS) is 1. The average molecular weight is 176 g/mol. The first-order valence-corrected chi connectivity index (χ1v) is 2.57. The van der Waals surface area contributed by atoms with Gasteiger partial charge in [0.05, 0.1) is 5.97 Å². The molecule has 3 heteroatoms. The maximum absolute atomic E-state index is 10.1. The van der Waals surface area contributed by atoms with Gasteiger partial charge in [-0.3, -0.25) is 0 Å². The Morgan fingerprint density at radius 1 is 1.20 bits per heavy atom. The molecule has 0 amide bonds. The van der Waals surface area contributed by atoms with Crippen LogP contribution in [0.25, 0.3) is 0 Å². The summed E-state index contributed by atoms with van der Waals surface area (Å²) in [6.45, 7) is 0. The van der Waals surface area contributed by atoms with E-state index in [1.807, 2.05) is 0 Å². The van der Waals surface area contributed by atoms with Gasteiger partial charge >= 0.3 is 17.1 Å². The van der Waals surface area contributed by atoms with E-state index in [1.54, 1.807) is 18.2 Å². The Morgan fingerprint density at radius 2 is 1.70 bits per heavy atom. The van der Waals surface area contributed by atoms with Gasteiger partial charge < -0.3 is 9.90 Å². The van der Waals surface area contributed by atoms with Gasteiger partial charge in [0.15, 0.2) is 0 Å². The van der Waals surface area contributed by atoms with Crippen LogP contribution in [0, 0.1) is 0 Å². The van der Waals surface area contributed by atoms with Gasteiger partial charge in [-0.15, -0.1) is 0 Å². The second kappa shape index (κ2) is 4.09. The summed E-state index contributed by atoms with van der Waals surface area (Å²) >= 11 is 0. The molecule has 0 aliphatic heterocycles. The summed E-state index contributed by atoms with van der Waals surface area (Å²) in [6, 6.07) is 8.06. The maximum Gasteiger partial charge on any atom is 2.00 e. The summed E-state index contributed by atoms with van der Waals surface area (Å²) in [5, 5.41) is 10.1. The second-order valence-electron chi connectivity index (χ2n) is 1.65. The third-order valence-corrected chi connectivity index (χ3v) is 1.01. The van der Waals surface area contributed by atoms with E-state index in [0.717, 1.165) is 0 Å². The zero-order valence-electron chi connectivity index (χ0n) is 5.08. The van der Waals surface area contributed by atoms with Gasteiger partial charge in [-0.2, -0.15) is 0 Å². The average Bonchev–Trinajstić information content (AvgIpc) is 1.90. The molecule has 1 rings (SSSR count). The number of rotatable bonds is 1. The van der Waals surface area contributed by atoms with Crippen molar-refractivity contribution >= 4 is 5.97 Å². The molecule has 2 nitrogen and oxygen atoms in total. The van der Waals surface area contributed by atoms with Gasteiger partial charge in [0, 0.05) is 0 Å². The second-order valence-corrected chi connectivity index (χ2v) is 1.65. The normalized spacial score (nSPS) is 8.00. The molecular weight excluding hydrogens is 171 g/mol. The predicted molar refractivity (Wildman–Crippen MR) is 30.8 cm³/mol. The number of benzene rings is 1. The van der Waals surface area contributed by atoms with Crippen LogP contribution in [-0.2, 0) is 17.1 Å². The van der Waals surface area contributed by atoms with Crippen molar-refractivity contribution in [3.63, 3.8) is 0 Å². The number of carboxylic acids is 1. The molecule has 0 saturated carbocycles. The SMILES string of the molecule is O=C([O-])c1ccccc1.[Mn+2]. The van der Waals surface area contributed by atoms with E-state index in [1.165, 1.54) is 12.1 Å². The zero-order chi connectivity index (χ0) is 6.69. The Hall–Kier alpha value is -0.791. The van der Waals surface area contributed by atoms with Gasteiger partial charge in [-0.25, -0.2) is 0 Å². The van der Waals surface area contributed by atoms with Gasteiger partial charge in [-0.05, 0) is 5.56 Å². The fraction of sp³-hybridized carbons (Fsp3) is 0. The fourth-order valence-corrected chi connectivity index (χ4v) is 0.574. The minimum atomic E-state index is -1.13. The maximum atomic E-state index is 10.1. The molecule has 1 radical (unpaired) electrons. The number of hydrogen-bond acceptors (Lipinski definition) is 2. The summed E-state index contributed by atoms with van der Waals surface area (Å²) in [7, 11) is 0. The third kappa shape index (κ3) is 2.21. The minimum absolute atomic E-state index is 0. The molecule has 0 aromatic heterocycles. The van der Waals surface area contributed by atoms with E-state index in [9.17, 15) is 9.90 Å². The van der Waals surface area contributed by atoms with Crippen molar-refractivity contribution in [2.24, 2.45) is 0 Å². The molecular formula is C7H5MnO2+. The molecule has 0 spiro atoms. The van der Waals surface area contributed by atoms with Crippen LogP contribution in [0.4, 0.5) is 0 Å². The Morgan fingerprint density at radius 3 is 2.00 bits per heavy atom. The van der Waals surface area contributed by atoms with Crippen LogP contribution in [0.1, 0.15) is 10.4 Å². The summed E-state index contributed by atoms with van der Waals surface area (Å²) in [4.78, 5) is 10.1. The molecule has 0 aliphatic rings. The molecule has 1 aromatic carbocycles. The molecule has 0 aliphatic carbocycles. The summed E-state index contributed by atoms with van der Waals surface area (Å²) in [6.07, 6.45) is 0. The smallest absolute Gasteiger partial charge is 0.545 e. The molecule has 0 bridgehead atoms. The molecule has 10 heavy (non-hydrogen) atoms. The summed E-state index contributed by atoms with van der Waals surface area (Å²) in [5.41, 5.74) is 0.220. The first-order valence-electron chi connectivity index (χ1n) is 2.57. The Balaban J connectivity index is 0.000000810. The van der Waals surface area contributed by atoms with Crippen molar-refractivity contribution in [2.45, 2.75) is 0 Å². The van der Waals surface area contributed by atoms with Crippen LogP contribution in [0.2, 0.25) is 0 Å². The fourth-order valence-electron chi connectivity index (χ4n) is 0.574. The van der Waals surface area contributed by atoms with Crippen molar-refractivity contribution < 1.29 is 27.0 Å². The topological polar surface area (TPSA) is 40.1 Å². The molecule has 0 fully saturated rings. The Kier molecular flexibility index (Phi) is 3.77. The van der Waals surface area contributed by atoms with Crippen molar-refractivity contribution in [3.8, 4) is 0 Å². The van der Waals surface area contributed by atoms with Gasteiger partial charge in [-0.1, -0.05) is 30.3 Å². The zero-order valence-corrected chi connectivity index (χ0v) is 6.26. The quantitative estimate of drug-likeness (QED) is 0.567. The van der Waals surface area contributed by atoms with Crippen LogP contribution >= 0.6 is 0 Å². The standard InChI is InChI=1S/C7H6O2.Mn/c8-7(9)6-4-2-1-3-5-6;/h1-5H,(H,8,9);/q;+2/p-1. The van der Waals surface area contributed by atoms with E-state index in [2.05, 4.69) is 0 Å². The minimum Gasteiger partial charge on any atom is -0.545 e. The van der Waals surface area contributed by atoms with E-state index >= 15 is 0 Å². The van der Waals surface area contributed by atoms with Gasteiger partial charge in [0.2, 0.25) is 0 Å². The Labute approximate surface area is 69.3 Å². The van der Waals surface area contributed by atoms with Crippen molar-refractivity contribution in [3.05, 3.63) is 35.9 Å². The number of hydrogen-bond donors (Lipinski definition) is 0. The number of carbonyl (C=O) groups excluding carboxylic acids is 1. The molecule has 0 saturated heterocycles. The monoisotopic (exact) mass is 176 g/mol. The van der Waals surface area contributed by atoms with Crippen LogP contribution in [-0.4, -0.2) is 5.97 Å². The van der Waals surface area contributed by atoms with E-state index < -0.39 is 5.97 Å². The number of carbonyl (C=O) groups is 1. The molecule has 51 valence electrons. The molecule has 0 N–H and O–H groups in total. The van der Waals surface area contributed by atoms with Crippen molar-refractivity contribution in [1.82, 2.24) is 0 Å². The molecule has 0 heterocycles. The van der Waals surface area contributed by atoms with Crippen LogP contribution < -0.4 is 5.11 Å². The molecule has 0 unspecified atom stereocenters. The Bertz CT molecular complexity index is 208. The van der Waals surface area contributed by atoms with Gasteiger partial charge in [0.1, 0.15) is 0 Å². The van der Waals surface area contributed by atoms with Crippen LogP contribution in [0.3, 0.4) is 0 Å². The molecule has 0 atom stereocenters. The van der Waals surface area contributed by atoms with Crippen molar-refractivity contribution in [1.29, 1.82) is 0 Å². The molecule has 1 aromatic rings. The summed E-state index contributed by atoms with van der Waals surface area (Å²) < 4.78 is 0. The largest absolute Gasteiger partial charge is 2.00 e.